The number of hydrogen-bond acceptors (Lipinski definition) is 6. The summed E-state index contributed by atoms with van der Waals surface area (Å²) in [4.78, 5) is 44.5. The fourth-order valence-corrected chi connectivity index (χ4v) is 7.27. The van der Waals surface area contributed by atoms with Crippen molar-refractivity contribution in [1.82, 2.24) is 29.2 Å². The number of carbonyl (C=O) groups excluding carboxylic acids is 1. The number of hydrogen-bond donors (Lipinski definition) is 1. The van der Waals surface area contributed by atoms with Crippen molar-refractivity contribution in [3.8, 4) is 5.69 Å². The van der Waals surface area contributed by atoms with E-state index in [9.17, 15) is 18.8 Å². The van der Waals surface area contributed by atoms with Crippen molar-refractivity contribution in [2.24, 2.45) is 0 Å². The number of thioether (sulfide) groups is 1. The molecule has 4 heterocycles. The number of nitrogens with zero attached hydrogens (tertiary/aromatic N) is 5. The molecule has 1 aliphatic heterocycles. The van der Waals surface area contributed by atoms with Gasteiger partial charge in [0, 0.05) is 29.4 Å². The normalized spacial score (nSPS) is 19.9. The third-order valence-electron chi connectivity index (χ3n) is 8.26. The quantitative estimate of drug-likeness (QED) is 0.376. The molecule has 2 fully saturated rings. The molecular weight excluding hydrogens is 543 g/mol. The minimum Gasteiger partial charge on any atom is -0.349 e. The summed E-state index contributed by atoms with van der Waals surface area (Å²) in [6, 6.07) is 10.1. The summed E-state index contributed by atoms with van der Waals surface area (Å²) in [5.41, 5.74) is 2.81. The van der Waals surface area contributed by atoms with Crippen molar-refractivity contribution in [3.05, 3.63) is 86.2 Å². The number of aromatic nitrogens is 5. The highest BCUT2D eigenvalue weighted by atomic mass is 32.2. The molecule has 11 heteroatoms. The van der Waals surface area contributed by atoms with Gasteiger partial charge in [0.25, 0.3) is 11.5 Å². The number of aryl methyl sites for hydroxylation is 2. The van der Waals surface area contributed by atoms with Crippen LogP contribution in [0.4, 0.5) is 4.39 Å². The third-order valence-corrected chi connectivity index (χ3v) is 9.31. The molecule has 3 aromatic heterocycles. The van der Waals surface area contributed by atoms with Gasteiger partial charge in [-0.3, -0.25) is 18.7 Å². The summed E-state index contributed by atoms with van der Waals surface area (Å²) in [6.07, 6.45) is 5.06. The zero-order chi connectivity index (χ0) is 28.7. The Hall–Kier alpha value is -3.73. The Kier molecular flexibility index (Phi) is 7.54. The van der Waals surface area contributed by atoms with E-state index in [0.717, 1.165) is 47.6 Å². The van der Waals surface area contributed by atoms with E-state index < -0.39 is 11.4 Å². The van der Waals surface area contributed by atoms with Crippen LogP contribution in [0.15, 0.2) is 52.2 Å². The summed E-state index contributed by atoms with van der Waals surface area (Å²) in [6.45, 7) is 3.93. The van der Waals surface area contributed by atoms with Crippen molar-refractivity contribution < 1.29 is 9.18 Å². The molecule has 214 valence electrons. The molecule has 1 aliphatic carbocycles. The topological polar surface area (TPSA) is 104 Å². The van der Waals surface area contributed by atoms with Crippen LogP contribution in [-0.4, -0.2) is 47.4 Å². The van der Waals surface area contributed by atoms with Gasteiger partial charge in [0.05, 0.1) is 23.0 Å². The average molecular weight is 577 g/mol. The standard InChI is InChI=1S/C30H33FN6O3S/c1-18-15-19(2)37(34-18)25-7-3-20(4-8-25)28(38)33-22-5-9-23(10-6-22)36-29(39)26-16-21(31)17-32-27(26)35(30(36)40)24-11-13-41-14-12-24/h3-4,7-8,15-17,22-24H,5-6,9-14H2,1-2H3,(H,33,38)/t22-,23+. The van der Waals surface area contributed by atoms with Crippen LogP contribution in [-0.2, 0) is 0 Å². The van der Waals surface area contributed by atoms with Crippen LogP contribution >= 0.6 is 11.8 Å². The van der Waals surface area contributed by atoms with Gasteiger partial charge in [-0.05, 0) is 100 Å². The monoisotopic (exact) mass is 576 g/mol. The number of carbonyl (C=O) groups is 1. The molecule has 9 nitrogen and oxygen atoms in total. The lowest BCUT2D eigenvalue weighted by Crippen LogP contribution is -2.46. The molecule has 1 saturated heterocycles. The maximum absolute atomic E-state index is 14.2. The van der Waals surface area contributed by atoms with Crippen LogP contribution in [0.3, 0.4) is 0 Å². The first-order valence-corrected chi connectivity index (χ1v) is 15.3. The fourth-order valence-electron chi connectivity index (χ4n) is 6.19. The van der Waals surface area contributed by atoms with Gasteiger partial charge in [0.1, 0.15) is 11.5 Å². The second kappa shape index (κ2) is 11.3. The summed E-state index contributed by atoms with van der Waals surface area (Å²) in [5.74, 6) is 1.10. The molecule has 0 bridgehead atoms. The summed E-state index contributed by atoms with van der Waals surface area (Å²) in [5, 5.41) is 7.75. The van der Waals surface area contributed by atoms with Crippen LogP contribution in [0, 0.1) is 19.7 Å². The van der Waals surface area contributed by atoms with E-state index in [1.54, 1.807) is 16.7 Å². The van der Waals surface area contributed by atoms with E-state index in [-0.39, 0.29) is 40.8 Å². The zero-order valence-electron chi connectivity index (χ0n) is 23.2. The molecule has 0 spiro atoms. The molecule has 1 amide bonds. The minimum atomic E-state index is -0.597. The van der Waals surface area contributed by atoms with Crippen LogP contribution in [0.5, 0.6) is 0 Å². The zero-order valence-corrected chi connectivity index (χ0v) is 24.0. The van der Waals surface area contributed by atoms with Crippen molar-refractivity contribution >= 4 is 28.7 Å². The van der Waals surface area contributed by atoms with Gasteiger partial charge in [-0.1, -0.05) is 0 Å². The Balaban J connectivity index is 1.19. The van der Waals surface area contributed by atoms with E-state index in [1.807, 2.05) is 48.5 Å². The Labute approximate surface area is 240 Å². The molecule has 2 aliphatic rings. The van der Waals surface area contributed by atoms with Gasteiger partial charge in [-0.25, -0.2) is 18.9 Å². The van der Waals surface area contributed by atoms with E-state index >= 15 is 0 Å². The van der Waals surface area contributed by atoms with Crippen molar-refractivity contribution in [2.45, 2.75) is 70.5 Å². The number of halogens is 1. The Morgan fingerprint density at radius 1 is 0.951 bits per heavy atom. The van der Waals surface area contributed by atoms with E-state index in [1.165, 1.54) is 10.6 Å². The van der Waals surface area contributed by atoms with Gasteiger partial charge >= 0.3 is 5.69 Å². The van der Waals surface area contributed by atoms with Crippen LogP contribution in [0.25, 0.3) is 16.7 Å². The van der Waals surface area contributed by atoms with Crippen molar-refractivity contribution in [1.29, 1.82) is 0 Å². The van der Waals surface area contributed by atoms with Crippen LogP contribution in [0.2, 0.25) is 0 Å². The molecule has 0 unspecified atom stereocenters. The highest BCUT2D eigenvalue weighted by molar-refractivity contribution is 7.99. The Morgan fingerprint density at radius 3 is 2.29 bits per heavy atom. The predicted octanol–water partition coefficient (Wildman–Crippen LogP) is 4.48. The molecule has 1 aromatic carbocycles. The number of amides is 1. The number of fused-ring (bicyclic) bond motifs is 1. The lowest BCUT2D eigenvalue weighted by molar-refractivity contribution is 0.0922. The maximum atomic E-state index is 14.2. The molecule has 41 heavy (non-hydrogen) atoms. The smallest absolute Gasteiger partial charge is 0.333 e. The van der Waals surface area contributed by atoms with E-state index in [4.69, 9.17) is 0 Å². The summed E-state index contributed by atoms with van der Waals surface area (Å²) >= 11 is 1.84. The molecular formula is C30H33FN6O3S. The number of benzene rings is 1. The molecule has 0 atom stereocenters. The van der Waals surface area contributed by atoms with E-state index in [0.29, 0.717) is 31.2 Å². The van der Waals surface area contributed by atoms with E-state index in [2.05, 4.69) is 15.4 Å². The first kappa shape index (κ1) is 27.4. The summed E-state index contributed by atoms with van der Waals surface area (Å²) in [7, 11) is 0. The predicted molar refractivity (Wildman–Crippen MR) is 158 cm³/mol. The van der Waals surface area contributed by atoms with Crippen molar-refractivity contribution in [2.75, 3.05) is 11.5 Å². The van der Waals surface area contributed by atoms with Gasteiger partial charge in [-0.2, -0.15) is 16.9 Å². The van der Waals surface area contributed by atoms with Crippen LogP contribution in [0.1, 0.15) is 72.4 Å². The van der Waals surface area contributed by atoms with Gasteiger partial charge in [0.15, 0.2) is 0 Å². The van der Waals surface area contributed by atoms with Crippen LogP contribution < -0.4 is 16.6 Å². The molecule has 0 radical (unpaired) electrons. The van der Waals surface area contributed by atoms with Gasteiger partial charge in [-0.15, -0.1) is 0 Å². The number of nitrogens with one attached hydrogen (secondary N) is 1. The minimum absolute atomic E-state index is 0.0673. The lowest BCUT2D eigenvalue weighted by Gasteiger charge is -2.31. The lowest BCUT2D eigenvalue weighted by atomic mass is 9.90. The molecule has 4 aromatic rings. The highest BCUT2D eigenvalue weighted by Gasteiger charge is 2.30. The Bertz CT molecular complexity index is 1710. The summed E-state index contributed by atoms with van der Waals surface area (Å²) < 4.78 is 18.9. The van der Waals surface area contributed by atoms with Gasteiger partial charge in [0.2, 0.25) is 0 Å². The largest absolute Gasteiger partial charge is 0.349 e. The fraction of sp³-hybridized carbons (Fsp3) is 0.433. The Morgan fingerprint density at radius 2 is 1.63 bits per heavy atom. The van der Waals surface area contributed by atoms with Gasteiger partial charge < -0.3 is 5.32 Å². The molecule has 1 saturated carbocycles. The third kappa shape index (κ3) is 5.35. The highest BCUT2D eigenvalue weighted by Crippen LogP contribution is 2.30. The second-order valence-electron chi connectivity index (χ2n) is 11.1. The average Bonchev–Trinajstić information content (AvgIpc) is 3.32. The first-order valence-electron chi connectivity index (χ1n) is 14.1. The first-order chi connectivity index (χ1) is 19.8. The SMILES string of the molecule is Cc1cc(C)n(-c2ccc(C(=O)N[C@H]3CC[C@@H](n4c(=O)c5cc(F)cnc5n(C5CCSCC5)c4=O)CC3)cc2)n1. The second-order valence-corrected chi connectivity index (χ2v) is 12.3. The molecule has 1 N–H and O–H groups in total. The van der Waals surface area contributed by atoms with Crippen molar-refractivity contribution in [3.63, 3.8) is 0 Å². The molecule has 6 rings (SSSR count). The number of pyridine rings is 1. The number of rotatable bonds is 5. The maximum Gasteiger partial charge on any atom is 0.333 e.